The first-order valence-corrected chi connectivity index (χ1v) is 6.81. The van der Waals surface area contributed by atoms with Gasteiger partial charge in [-0.1, -0.05) is 30.3 Å². The molecule has 0 aliphatic heterocycles. The highest BCUT2D eigenvalue weighted by molar-refractivity contribution is 14.1. The molecule has 4 nitrogen and oxygen atoms in total. The number of nitrogens with zero attached hydrogens (tertiary/aromatic N) is 1. The van der Waals surface area contributed by atoms with Crippen molar-refractivity contribution >= 4 is 22.6 Å². The standard InChI is InChI=1S/C14H14INO3/c1-17-10-19-13-8-16-14(7-12(13)15)18-9-11-5-3-2-4-6-11/h2-8H,9-10H2,1H3. The minimum atomic E-state index is 0.210. The van der Waals surface area contributed by atoms with Crippen LogP contribution in [0, 0.1) is 3.57 Å². The van der Waals surface area contributed by atoms with Crippen LogP contribution in [-0.4, -0.2) is 18.9 Å². The Kier molecular flexibility index (Phi) is 5.41. The highest BCUT2D eigenvalue weighted by Crippen LogP contribution is 2.23. The van der Waals surface area contributed by atoms with Gasteiger partial charge in [-0.15, -0.1) is 0 Å². The van der Waals surface area contributed by atoms with Gasteiger partial charge in [-0.25, -0.2) is 4.98 Å². The third-order valence-electron chi connectivity index (χ3n) is 2.36. The van der Waals surface area contributed by atoms with Crippen LogP contribution in [0.3, 0.4) is 0 Å². The normalized spacial score (nSPS) is 10.2. The zero-order valence-electron chi connectivity index (χ0n) is 10.5. The van der Waals surface area contributed by atoms with Crippen LogP contribution in [-0.2, 0) is 11.3 Å². The molecule has 0 saturated carbocycles. The Labute approximate surface area is 125 Å². The fourth-order valence-corrected chi connectivity index (χ4v) is 2.00. The van der Waals surface area contributed by atoms with Crippen LogP contribution in [0.1, 0.15) is 5.56 Å². The zero-order valence-corrected chi connectivity index (χ0v) is 12.7. The van der Waals surface area contributed by atoms with Crippen LogP contribution in [0.5, 0.6) is 11.6 Å². The summed E-state index contributed by atoms with van der Waals surface area (Å²) >= 11 is 2.18. The lowest BCUT2D eigenvalue weighted by atomic mass is 10.2. The molecule has 0 atom stereocenters. The molecule has 1 aromatic carbocycles. The summed E-state index contributed by atoms with van der Waals surface area (Å²) in [5, 5.41) is 0. The molecule has 0 radical (unpaired) electrons. The number of methoxy groups -OCH3 is 1. The van der Waals surface area contributed by atoms with Crippen LogP contribution in [0.15, 0.2) is 42.6 Å². The van der Waals surface area contributed by atoms with Gasteiger partial charge >= 0.3 is 0 Å². The summed E-state index contributed by atoms with van der Waals surface area (Å²) in [7, 11) is 1.58. The topological polar surface area (TPSA) is 40.6 Å². The Balaban J connectivity index is 1.96. The van der Waals surface area contributed by atoms with E-state index in [2.05, 4.69) is 27.6 Å². The van der Waals surface area contributed by atoms with E-state index in [1.165, 1.54) is 0 Å². The van der Waals surface area contributed by atoms with Crippen molar-refractivity contribution in [2.24, 2.45) is 0 Å². The number of halogens is 1. The highest BCUT2D eigenvalue weighted by atomic mass is 127. The summed E-state index contributed by atoms with van der Waals surface area (Å²) in [6.07, 6.45) is 1.64. The molecule has 0 aliphatic rings. The Hall–Kier alpha value is -1.34. The fraction of sp³-hybridized carbons (Fsp3) is 0.214. The van der Waals surface area contributed by atoms with Crippen molar-refractivity contribution in [2.75, 3.05) is 13.9 Å². The van der Waals surface area contributed by atoms with Gasteiger partial charge in [-0.3, -0.25) is 0 Å². The van der Waals surface area contributed by atoms with E-state index in [-0.39, 0.29) is 6.79 Å². The molecule has 1 heterocycles. The summed E-state index contributed by atoms with van der Waals surface area (Å²) in [5.41, 5.74) is 1.11. The number of pyridine rings is 1. The number of hydrogen-bond donors (Lipinski definition) is 0. The molecule has 0 N–H and O–H groups in total. The molecule has 2 aromatic rings. The summed E-state index contributed by atoms with van der Waals surface area (Å²) < 4.78 is 16.8. The maximum atomic E-state index is 5.63. The van der Waals surface area contributed by atoms with Crippen molar-refractivity contribution in [3.8, 4) is 11.6 Å². The second-order valence-corrected chi connectivity index (χ2v) is 4.94. The molecule has 19 heavy (non-hydrogen) atoms. The van der Waals surface area contributed by atoms with E-state index in [1.54, 1.807) is 13.3 Å². The van der Waals surface area contributed by atoms with E-state index in [0.29, 0.717) is 18.2 Å². The second-order valence-electron chi connectivity index (χ2n) is 3.78. The van der Waals surface area contributed by atoms with E-state index < -0.39 is 0 Å². The molecule has 100 valence electrons. The molecule has 2 rings (SSSR count). The number of hydrogen-bond acceptors (Lipinski definition) is 4. The SMILES string of the molecule is COCOc1cnc(OCc2ccccc2)cc1I. The first-order valence-electron chi connectivity index (χ1n) is 5.73. The lowest BCUT2D eigenvalue weighted by Gasteiger charge is -2.09. The number of benzene rings is 1. The third kappa shape index (κ3) is 4.36. The third-order valence-corrected chi connectivity index (χ3v) is 3.20. The minimum absolute atomic E-state index is 0.210. The average Bonchev–Trinajstić information content (AvgIpc) is 2.45. The van der Waals surface area contributed by atoms with Crippen molar-refractivity contribution in [2.45, 2.75) is 6.61 Å². The summed E-state index contributed by atoms with van der Waals surface area (Å²) in [6, 6.07) is 11.8. The van der Waals surface area contributed by atoms with E-state index in [1.807, 2.05) is 36.4 Å². The van der Waals surface area contributed by atoms with Gasteiger partial charge in [0, 0.05) is 13.2 Å². The van der Waals surface area contributed by atoms with Crippen LogP contribution in [0.4, 0.5) is 0 Å². The van der Waals surface area contributed by atoms with Crippen LogP contribution >= 0.6 is 22.6 Å². The maximum absolute atomic E-state index is 5.63. The van der Waals surface area contributed by atoms with E-state index >= 15 is 0 Å². The lowest BCUT2D eigenvalue weighted by Crippen LogP contribution is -2.02. The molecule has 0 saturated heterocycles. The number of rotatable bonds is 6. The van der Waals surface area contributed by atoms with Gasteiger partial charge in [-0.2, -0.15) is 0 Å². The van der Waals surface area contributed by atoms with Gasteiger partial charge < -0.3 is 14.2 Å². The zero-order chi connectivity index (χ0) is 13.5. The van der Waals surface area contributed by atoms with E-state index in [4.69, 9.17) is 14.2 Å². The average molecular weight is 371 g/mol. The molecule has 0 amide bonds. The van der Waals surface area contributed by atoms with Gasteiger partial charge in [0.15, 0.2) is 12.5 Å². The largest absolute Gasteiger partial charge is 0.473 e. The fourth-order valence-electron chi connectivity index (χ4n) is 1.44. The van der Waals surface area contributed by atoms with Gasteiger partial charge in [0.25, 0.3) is 0 Å². The van der Waals surface area contributed by atoms with Crippen LogP contribution < -0.4 is 9.47 Å². The van der Waals surface area contributed by atoms with Crippen molar-refractivity contribution < 1.29 is 14.2 Å². The minimum Gasteiger partial charge on any atom is -0.473 e. The predicted molar refractivity (Wildman–Crippen MR) is 80.2 cm³/mol. The quantitative estimate of drug-likeness (QED) is 0.578. The Bertz CT molecular complexity index is 519. The predicted octanol–water partition coefficient (Wildman–Crippen LogP) is 3.25. The van der Waals surface area contributed by atoms with E-state index in [0.717, 1.165) is 9.13 Å². The molecule has 1 aromatic heterocycles. The second kappa shape index (κ2) is 7.30. The molecular weight excluding hydrogens is 357 g/mol. The molecule has 0 spiro atoms. The Morgan fingerprint density at radius 3 is 2.63 bits per heavy atom. The van der Waals surface area contributed by atoms with Crippen LogP contribution in [0.25, 0.3) is 0 Å². The Morgan fingerprint density at radius 2 is 1.95 bits per heavy atom. The highest BCUT2D eigenvalue weighted by Gasteiger charge is 2.05. The molecular formula is C14H14INO3. The van der Waals surface area contributed by atoms with Crippen molar-refractivity contribution in [1.82, 2.24) is 4.98 Å². The smallest absolute Gasteiger partial charge is 0.214 e. The van der Waals surface area contributed by atoms with Crippen molar-refractivity contribution in [3.05, 3.63) is 51.7 Å². The maximum Gasteiger partial charge on any atom is 0.214 e. The van der Waals surface area contributed by atoms with Gasteiger partial charge in [0.2, 0.25) is 5.88 Å². The summed E-state index contributed by atoms with van der Waals surface area (Å²) in [4.78, 5) is 4.20. The number of ether oxygens (including phenoxy) is 3. The monoisotopic (exact) mass is 371 g/mol. The lowest BCUT2D eigenvalue weighted by molar-refractivity contribution is 0.0501. The summed E-state index contributed by atoms with van der Waals surface area (Å²) in [6.45, 7) is 0.712. The van der Waals surface area contributed by atoms with Crippen LogP contribution in [0.2, 0.25) is 0 Å². The molecule has 0 fully saturated rings. The number of aromatic nitrogens is 1. The van der Waals surface area contributed by atoms with Gasteiger partial charge in [0.05, 0.1) is 9.77 Å². The van der Waals surface area contributed by atoms with E-state index in [9.17, 15) is 0 Å². The Morgan fingerprint density at radius 1 is 1.16 bits per heavy atom. The molecule has 0 aliphatic carbocycles. The molecule has 5 heteroatoms. The van der Waals surface area contributed by atoms with Crippen molar-refractivity contribution in [3.63, 3.8) is 0 Å². The van der Waals surface area contributed by atoms with Crippen molar-refractivity contribution in [1.29, 1.82) is 0 Å². The summed E-state index contributed by atoms with van der Waals surface area (Å²) in [5.74, 6) is 1.27. The van der Waals surface area contributed by atoms with Gasteiger partial charge in [0.1, 0.15) is 6.61 Å². The first kappa shape index (κ1) is 14.1. The first-order chi connectivity index (χ1) is 9.29. The van der Waals surface area contributed by atoms with Gasteiger partial charge in [-0.05, 0) is 28.2 Å². The molecule has 0 unspecified atom stereocenters. The molecule has 0 bridgehead atoms.